The lowest BCUT2D eigenvalue weighted by atomic mass is 10.7. The highest BCUT2D eigenvalue weighted by Crippen LogP contribution is 2.13. The second-order valence-corrected chi connectivity index (χ2v) is 2.88. The second kappa shape index (κ2) is 3.98. The fourth-order valence-corrected chi connectivity index (χ4v) is 1.19. The SMILES string of the molecule is C=CCSc1c[nH]c(C=O)n1. The minimum atomic E-state index is 0.372. The predicted octanol–water partition coefficient (Wildman–Crippen LogP) is 1.50. The number of H-pyrrole nitrogens is 1. The van der Waals surface area contributed by atoms with Crippen molar-refractivity contribution in [3.8, 4) is 0 Å². The van der Waals surface area contributed by atoms with Crippen molar-refractivity contribution >= 4 is 18.0 Å². The number of aromatic nitrogens is 2. The van der Waals surface area contributed by atoms with Crippen LogP contribution in [0.15, 0.2) is 23.9 Å². The average Bonchev–Trinajstić information content (AvgIpc) is 2.48. The predicted molar refractivity (Wildman–Crippen MR) is 44.9 cm³/mol. The molecule has 0 radical (unpaired) electrons. The van der Waals surface area contributed by atoms with Gasteiger partial charge in [-0.05, 0) is 0 Å². The van der Waals surface area contributed by atoms with Crippen LogP contribution in [0.5, 0.6) is 0 Å². The summed E-state index contributed by atoms with van der Waals surface area (Å²) >= 11 is 1.54. The van der Waals surface area contributed by atoms with Gasteiger partial charge in [-0.3, -0.25) is 4.79 Å². The Labute approximate surface area is 68.9 Å². The Balaban J connectivity index is 2.57. The summed E-state index contributed by atoms with van der Waals surface area (Å²) in [7, 11) is 0. The number of thioether (sulfide) groups is 1. The highest BCUT2D eigenvalue weighted by molar-refractivity contribution is 7.99. The molecule has 0 aliphatic carbocycles. The van der Waals surface area contributed by atoms with Gasteiger partial charge in [-0.15, -0.1) is 18.3 Å². The van der Waals surface area contributed by atoms with E-state index in [-0.39, 0.29) is 0 Å². The van der Waals surface area contributed by atoms with Gasteiger partial charge in [-0.25, -0.2) is 4.98 Å². The molecule has 1 heterocycles. The molecule has 0 aromatic carbocycles. The van der Waals surface area contributed by atoms with E-state index in [0.29, 0.717) is 12.1 Å². The smallest absolute Gasteiger partial charge is 0.185 e. The zero-order chi connectivity index (χ0) is 8.10. The van der Waals surface area contributed by atoms with E-state index in [1.54, 1.807) is 12.3 Å². The summed E-state index contributed by atoms with van der Waals surface area (Å²) in [5, 5.41) is 0.826. The monoisotopic (exact) mass is 168 g/mol. The number of carbonyl (C=O) groups excluding carboxylic acids is 1. The summed E-state index contributed by atoms with van der Waals surface area (Å²) < 4.78 is 0. The van der Waals surface area contributed by atoms with Crippen LogP contribution in [0.4, 0.5) is 0 Å². The maximum Gasteiger partial charge on any atom is 0.185 e. The van der Waals surface area contributed by atoms with Gasteiger partial charge in [0.25, 0.3) is 0 Å². The summed E-state index contributed by atoms with van der Waals surface area (Å²) in [5.41, 5.74) is 0. The van der Waals surface area contributed by atoms with Crippen molar-refractivity contribution in [2.45, 2.75) is 5.03 Å². The molecule has 3 nitrogen and oxygen atoms in total. The maximum atomic E-state index is 10.2. The Kier molecular flexibility index (Phi) is 2.92. The summed E-state index contributed by atoms with van der Waals surface area (Å²) in [6.45, 7) is 3.57. The molecule has 0 aliphatic heterocycles. The third kappa shape index (κ3) is 2.23. The van der Waals surface area contributed by atoms with Crippen molar-refractivity contribution in [3.05, 3.63) is 24.7 Å². The van der Waals surface area contributed by atoms with E-state index in [1.165, 1.54) is 11.8 Å². The third-order valence-corrected chi connectivity index (χ3v) is 1.94. The Bertz CT molecular complexity index is 257. The number of hydrogen-bond donors (Lipinski definition) is 1. The van der Waals surface area contributed by atoms with E-state index in [4.69, 9.17) is 0 Å². The summed E-state index contributed by atoms with van der Waals surface area (Å²) in [6, 6.07) is 0. The van der Waals surface area contributed by atoms with Gasteiger partial charge in [0.1, 0.15) is 5.03 Å². The largest absolute Gasteiger partial charge is 0.341 e. The number of rotatable bonds is 4. The lowest BCUT2D eigenvalue weighted by molar-refractivity contribution is 0.111. The van der Waals surface area contributed by atoms with Crippen LogP contribution in [0, 0.1) is 0 Å². The molecule has 1 N–H and O–H groups in total. The molecule has 1 rings (SSSR count). The Hall–Kier alpha value is -1.03. The molecule has 11 heavy (non-hydrogen) atoms. The zero-order valence-electron chi connectivity index (χ0n) is 5.91. The molecular weight excluding hydrogens is 160 g/mol. The molecule has 0 amide bonds. The Morgan fingerprint density at radius 2 is 2.64 bits per heavy atom. The minimum absolute atomic E-state index is 0.372. The van der Waals surface area contributed by atoms with Gasteiger partial charge in [0.05, 0.1) is 0 Å². The highest BCUT2D eigenvalue weighted by atomic mass is 32.2. The molecule has 0 saturated carbocycles. The molecular formula is C7H8N2OS. The first kappa shape index (κ1) is 8.07. The van der Waals surface area contributed by atoms with E-state index in [2.05, 4.69) is 16.5 Å². The van der Waals surface area contributed by atoms with Crippen LogP contribution in [0.25, 0.3) is 0 Å². The van der Waals surface area contributed by atoms with Crippen LogP contribution >= 0.6 is 11.8 Å². The van der Waals surface area contributed by atoms with Crippen LogP contribution in [-0.2, 0) is 0 Å². The van der Waals surface area contributed by atoms with Crippen molar-refractivity contribution < 1.29 is 4.79 Å². The fraction of sp³-hybridized carbons (Fsp3) is 0.143. The molecule has 1 aromatic heterocycles. The number of imidazole rings is 1. The molecule has 0 saturated heterocycles. The van der Waals surface area contributed by atoms with Gasteiger partial charge < -0.3 is 4.98 Å². The summed E-state index contributed by atoms with van der Waals surface area (Å²) in [4.78, 5) is 16.9. The number of aromatic amines is 1. The Morgan fingerprint density at radius 3 is 3.18 bits per heavy atom. The number of carbonyl (C=O) groups is 1. The normalized spacial score (nSPS) is 9.45. The lowest BCUT2D eigenvalue weighted by Gasteiger charge is -1.86. The zero-order valence-corrected chi connectivity index (χ0v) is 6.73. The number of aldehydes is 1. The van der Waals surface area contributed by atoms with Gasteiger partial charge in [-0.2, -0.15) is 0 Å². The minimum Gasteiger partial charge on any atom is -0.341 e. The molecule has 1 aromatic rings. The van der Waals surface area contributed by atoms with Crippen LogP contribution < -0.4 is 0 Å². The summed E-state index contributed by atoms with van der Waals surface area (Å²) in [6.07, 6.45) is 4.19. The van der Waals surface area contributed by atoms with Gasteiger partial charge in [0, 0.05) is 11.9 Å². The van der Waals surface area contributed by atoms with Crippen LogP contribution in [0.3, 0.4) is 0 Å². The van der Waals surface area contributed by atoms with E-state index in [0.717, 1.165) is 10.8 Å². The third-order valence-electron chi connectivity index (χ3n) is 1.03. The molecule has 0 atom stereocenters. The molecule has 4 heteroatoms. The van der Waals surface area contributed by atoms with Crippen molar-refractivity contribution in [1.82, 2.24) is 9.97 Å². The van der Waals surface area contributed by atoms with Crippen LogP contribution in [-0.4, -0.2) is 22.0 Å². The van der Waals surface area contributed by atoms with Crippen LogP contribution in [0.2, 0.25) is 0 Å². The Morgan fingerprint density at radius 1 is 1.82 bits per heavy atom. The van der Waals surface area contributed by atoms with Gasteiger partial charge >= 0.3 is 0 Å². The molecule has 58 valence electrons. The fourth-order valence-electron chi connectivity index (χ4n) is 0.598. The topological polar surface area (TPSA) is 45.8 Å². The van der Waals surface area contributed by atoms with E-state index < -0.39 is 0 Å². The van der Waals surface area contributed by atoms with Crippen LogP contribution in [0.1, 0.15) is 10.6 Å². The molecule has 0 aliphatic rings. The number of hydrogen-bond acceptors (Lipinski definition) is 3. The molecule has 0 fully saturated rings. The van der Waals surface area contributed by atoms with Gasteiger partial charge in [0.2, 0.25) is 0 Å². The van der Waals surface area contributed by atoms with Gasteiger partial charge in [-0.1, -0.05) is 6.08 Å². The number of nitrogens with zero attached hydrogens (tertiary/aromatic N) is 1. The molecule has 0 unspecified atom stereocenters. The van der Waals surface area contributed by atoms with E-state index in [9.17, 15) is 4.79 Å². The highest BCUT2D eigenvalue weighted by Gasteiger charge is 1.97. The van der Waals surface area contributed by atoms with E-state index in [1.807, 2.05) is 0 Å². The van der Waals surface area contributed by atoms with Crippen molar-refractivity contribution in [3.63, 3.8) is 0 Å². The standard InChI is InChI=1S/C7H8N2OS/c1-2-3-11-7-4-8-6(5-10)9-7/h2,4-5H,1,3H2,(H,8,9). The molecule has 0 spiro atoms. The first-order chi connectivity index (χ1) is 5.36. The summed E-state index contributed by atoms with van der Waals surface area (Å²) in [5.74, 6) is 1.18. The lowest BCUT2D eigenvalue weighted by Crippen LogP contribution is -1.80. The quantitative estimate of drug-likeness (QED) is 0.421. The van der Waals surface area contributed by atoms with Crippen molar-refractivity contribution in [2.75, 3.05) is 5.75 Å². The first-order valence-corrected chi connectivity index (χ1v) is 4.09. The van der Waals surface area contributed by atoms with Gasteiger partial charge in [0.15, 0.2) is 12.1 Å². The van der Waals surface area contributed by atoms with Crippen molar-refractivity contribution in [1.29, 1.82) is 0 Å². The first-order valence-electron chi connectivity index (χ1n) is 3.11. The van der Waals surface area contributed by atoms with E-state index >= 15 is 0 Å². The molecule has 0 bridgehead atoms. The average molecular weight is 168 g/mol. The maximum absolute atomic E-state index is 10.2. The number of nitrogens with one attached hydrogen (secondary N) is 1. The second-order valence-electron chi connectivity index (χ2n) is 1.84. The van der Waals surface area contributed by atoms with Crippen molar-refractivity contribution in [2.24, 2.45) is 0 Å².